The van der Waals surface area contributed by atoms with Crippen molar-refractivity contribution in [1.29, 1.82) is 0 Å². The van der Waals surface area contributed by atoms with Gasteiger partial charge in [0.15, 0.2) is 6.10 Å². The predicted octanol–water partition coefficient (Wildman–Crippen LogP) is 16.6. The lowest BCUT2D eigenvalue weighted by molar-refractivity contribution is -0.167. The Bertz CT molecular complexity index is 1160. The van der Waals surface area contributed by atoms with Crippen molar-refractivity contribution in [3.63, 3.8) is 0 Å². The van der Waals surface area contributed by atoms with Crippen LogP contribution in [0.25, 0.3) is 0 Å². The van der Waals surface area contributed by atoms with E-state index in [0.717, 1.165) is 96.3 Å². The van der Waals surface area contributed by atoms with Crippen LogP contribution in [0.1, 0.15) is 239 Å². The second-order valence-electron chi connectivity index (χ2n) is 16.8. The van der Waals surface area contributed by atoms with Gasteiger partial charge in [0.2, 0.25) is 0 Å². The highest BCUT2D eigenvalue weighted by atomic mass is 16.6. The maximum Gasteiger partial charge on any atom is 0.306 e. The van der Waals surface area contributed by atoms with Crippen molar-refractivity contribution in [3.05, 3.63) is 72.9 Å². The fourth-order valence-corrected chi connectivity index (χ4v) is 6.95. The quantitative estimate of drug-likeness (QED) is 0.0200. The molecule has 6 heteroatoms. The van der Waals surface area contributed by atoms with Crippen LogP contribution in [0, 0.1) is 0 Å². The molecule has 350 valence electrons. The molecule has 0 bridgehead atoms. The molecule has 0 spiro atoms. The van der Waals surface area contributed by atoms with Crippen molar-refractivity contribution in [3.8, 4) is 0 Å². The topological polar surface area (TPSA) is 78.9 Å². The fraction of sp³-hybridized carbons (Fsp3) is 0.727. The van der Waals surface area contributed by atoms with Crippen LogP contribution >= 0.6 is 0 Å². The van der Waals surface area contributed by atoms with Gasteiger partial charge in [-0.3, -0.25) is 14.4 Å². The number of unbranched alkanes of at least 4 members (excludes halogenated alkanes) is 25. The third kappa shape index (κ3) is 47.7. The number of carbonyl (C=O) groups excluding carboxylic acids is 3. The van der Waals surface area contributed by atoms with Crippen LogP contribution in [0.3, 0.4) is 0 Å². The molecule has 0 N–H and O–H groups in total. The summed E-state index contributed by atoms with van der Waals surface area (Å²) < 4.78 is 16.8. The number of esters is 3. The number of rotatable bonds is 45. The van der Waals surface area contributed by atoms with Gasteiger partial charge >= 0.3 is 17.9 Å². The van der Waals surface area contributed by atoms with Crippen molar-refractivity contribution in [1.82, 2.24) is 0 Å². The summed E-state index contributed by atoms with van der Waals surface area (Å²) in [6.07, 6.45) is 61.6. The number of ether oxygens (including phenoxy) is 3. The van der Waals surface area contributed by atoms with Gasteiger partial charge in [0.25, 0.3) is 0 Å². The van der Waals surface area contributed by atoms with Crippen LogP contribution < -0.4 is 0 Å². The molecule has 0 radical (unpaired) electrons. The molecule has 0 aliphatic carbocycles. The molecular weight excluding hydrogens is 757 g/mol. The van der Waals surface area contributed by atoms with E-state index >= 15 is 0 Å². The van der Waals surface area contributed by atoms with E-state index in [9.17, 15) is 14.4 Å². The first kappa shape index (κ1) is 57.9. The Morgan fingerprint density at radius 2 is 0.705 bits per heavy atom. The van der Waals surface area contributed by atoms with Crippen molar-refractivity contribution < 1.29 is 28.6 Å². The average Bonchev–Trinajstić information content (AvgIpc) is 3.26. The van der Waals surface area contributed by atoms with Crippen molar-refractivity contribution in [2.45, 2.75) is 245 Å². The minimum absolute atomic E-state index is 0.0866. The summed E-state index contributed by atoms with van der Waals surface area (Å²) in [5.74, 6) is -0.917. The van der Waals surface area contributed by atoms with Crippen LogP contribution in [-0.4, -0.2) is 37.2 Å². The summed E-state index contributed by atoms with van der Waals surface area (Å²) in [6, 6.07) is 0. The van der Waals surface area contributed by atoms with Gasteiger partial charge in [-0.05, 0) is 70.6 Å². The number of carbonyl (C=O) groups is 3. The van der Waals surface area contributed by atoms with Crippen LogP contribution in [0.15, 0.2) is 72.9 Å². The largest absolute Gasteiger partial charge is 0.462 e. The molecule has 0 aliphatic rings. The van der Waals surface area contributed by atoms with E-state index in [-0.39, 0.29) is 31.1 Å². The molecule has 0 rings (SSSR count). The molecule has 1 unspecified atom stereocenters. The zero-order chi connectivity index (χ0) is 44.4. The summed E-state index contributed by atoms with van der Waals surface area (Å²) >= 11 is 0. The fourth-order valence-electron chi connectivity index (χ4n) is 6.95. The summed E-state index contributed by atoms with van der Waals surface area (Å²) in [6.45, 7) is 6.44. The predicted molar refractivity (Wildman–Crippen MR) is 261 cm³/mol. The first-order valence-electron chi connectivity index (χ1n) is 25.5. The molecule has 0 amide bonds. The minimum atomic E-state index is -0.788. The molecule has 0 fully saturated rings. The van der Waals surface area contributed by atoms with Crippen LogP contribution in [-0.2, 0) is 28.6 Å². The Morgan fingerprint density at radius 3 is 1.16 bits per heavy atom. The monoisotopic (exact) mass is 851 g/mol. The third-order valence-corrected chi connectivity index (χ3v) is 10.8. The van der Waals surface area contributed by atoms with Crippen molar-refractivity contribution in [2.75, 3.05) is 13.2 Å². The standard InChI is InChI=1S/C55H94O6/c1-4-7-10-13-16-19-22-24-26-27-29-30-33-36-39-42-45-48-54(57)60-51-52(50-59-53(56)47-44-41-38-35-32-21-18-15-12-9-6-3)61-55(58)49-46-43-40-37-34-31-28-25-23-20-17-14-11-8-5-2/h8,11,14,16-17,19-20,23-26,28,52H,4-7,9-10,12-13,15,18,21-22,27,29-51H2,1-3H3/b11-8-,17-14-,19-16-,23-20-,26-24-,28-25-. The van der Waals surface area contributed by atoms with E-state index in [0.29, 0.717) is 19.3 Å². The van der Waals surface area contributed by atoms with Crippen molar-refractivity contribution >= 4 is 17.9 Å². The van der Waals surface area contributed by atoms with Crippen LogP contribution in [0.2, 0.25) is 0 Å². The average molecular weight is 851 g/mol. The number of hydrogen-bond acceptors (Lipinski definition) is 6. The third-order valence-electron chi connectivity index (χ3n) is 10.8. The minimum Gasteiger partial charge on any atom is -0.462 e. The second-order valence-corrected chi connectivity index (χ2v) is 16.8. The Labute approximate surface area is 376 Å². The number of hydrogen-bond donors (Lipinski definition) is 0. The zero-order valence-electron chi connectivity index (χ0n) is 39.9. The Kier molecular flexibility index (Phi) is 46.9. The lowest BCUT2D eigenvalue weighted by Crippen LogP contribution is -2.30. The molecule has 0 heterocycles. The van der Waals surface area contributed by atoms with E-state index in [2.05, 4.69) is 75.5 Å². The van der Waals surface area contributed by atoms with Gasteiger partial charge in [-0.25, -0.2) is 0 Å². The molecule has 0 aromatic rings. The first-order valence-corrected chi connectivity index (χ1v) is 25.5. The van der Waals surface area contributed by atoms with Gasteiger partial charge in [0.05, 0.1) is 0 Å². The normalized spacial score (nSPS) is 12.6. The zero-order valence-corrected chi connectivity index (χ0v) is 39.9. The molecular formula is C55H94O6. The van der Waals surface area contributed by atoms with Gasteiger partial charge in [-0.15, -0.1) is 0 Å². The molecule has 1 atom stereocenters. The van der Waals surface area contributed by atoms with Gasteiger partial charge in [-0.2, -0.15) is 0 Å². The van der Waals surface area contributed by atoms with Gasteiger partial charge in [-0.1, -0.05) is 222 Å². The smallest absolute Gasteiger partial charge is 0.306 e. The van der Waals surface area contributed by atoms with Gasteiger partial charge in [0.1, 0.15) is 13.2 Å². The Hall–Kier alpha value is -3.15. The van der Waals surface area contributed by atoms with E-state index in [1.807, 2.05) is 18.2 Å². The summed E-state index contributed by atoms with van der Waals surface area (Å²) in [5, 5.41) is 0. The molecule has 0 aromatic heterocycles. The lowest BCUT2D eigenvalue weighted by atomic mass is 10.1. The number of allylic oxidation sites excluding steroid dienone is 12. The van der Waals surface area contributed by atoms with Crippen molar-refractivity contribution in [2.24, 2.45) is 0 Å². The maximum atomic E-state index is 12.8. The molecule has 0 aliphatic heterocycles. The van der Waals surface area contributed by atoms with E-state index < -0.39 is 6.10 Å². The Morgan fingerprint density at radius 1 is 0.361 bits per heavy atom. The van der Waals surface area contributed by atoms with Gasteiger partial charge in [0, 0.05) is 19.3 Å². The lowest BCUT2D eigenvalue weighted by Gasteiger charge is -2.18. The molecule has 0 saturated carbocycles. The molecule has 61 heavy (non-hydrogen) atoms. The van der Waals surface area contributed by atoms with E-state index in [4.69, 9.17) is 14.2 Å². The highest BCUT2D eigenvalue weighted by molar-refractivity contribution is 5.71. The summed E-state index contributed by atoms with van der Waals surface area (Å²) in [5.41, 5.74) is 0. The van der Waals surface area contributed by atoms with E-state index in [1.54, 1.807) is 0 Å². The maximum absolute atomic E-state index is 12.8. The van der Waals surface area contributed by atoms with Crippen LogP contribution in [0.5, 0.6) is 0 Å². The highest BCUT2D eigenvalue weighted by Crippen LogP contribution is 2.14. The Balaban J connectivity index is 4.41. The highest BCUT2D eigenvalue weighted by Gasteiger charge is 2.19. The SMILES string of the molecule is CC\C=C/C=C\C=C/C=C\CCCCCCCC(=O)OC(COC(=O)CCCCCCCCC/C=C\C/C=C\CCCCC)COC(=O)CCCCCCCCCCCCC. The molecule has 0 saturated heterocycles. The molecule has 0 aromatic carbocycles. The second kappa shape index (κ2) is 49.5. The van der Waals surface area contributed by atoms with Gasteiger partial charge < -0.3 is 14.2 Å². The molecule has 6 nitrogen and oxygen atoms in total. The van der Waals surface area contributed by atoms with E-state index in [1.165, 1.54) is 103 Å². The summed E-state index contributed by atoms with van der Waals surface area (Å²) in [7, 11) is 0. The summed E-state index contributed by atoms with van der Waals surface area (Å²) in [4.78, 5) is 37.9. The first-order chi connectivity index (χ1) is 30.0. The van der Waals surface area contributed by atoms with Crippen LogP contribution in [0.4, 0.5) is 0 Å².